The van der Waals surface area contributed by atoms with Gasteiger partial charge in [0, 0.05) is 11.1 Å². The van der Waals surface area contributed by atoms with Gasteiger partial charge in [0.2, 0.25) is 0 Å². The summed E-state index contributed by atoms with van der Waals surface area (Å²) in [7, 11) is 0. The molecule has 3 aromatic rings. The monoisotopic (exact) mass is 339 g/mol. The first-order valence-corrected chi connectivity index (χ1v) is 8.54. The van der Waals surface area contributed by atoms with Crippen LogP contribution in [0.2, 0.25) is 5.02 Å². The predicted molar refractivity (Wildman–Crippen MR) is 89.6 cm³/mol. The van der Waals surface area contributed by atoms with Crippen LogP contribution in [0.1, 0.15) is 35.6 Å². The lowest BCUT2D eigenvalue weighted by Gasteiger charge is -2.14. The second-order valence-electron chi connectivity index (χ2n) is 4.83. The van der Waals surface area contributed by atoms with Crippen molar-refractivity contribution in [3.05, 3.63) is 45.1 Å². The van der Waals surface area contributed by atoms with Crippen LogP contribution in [0.3, 0.4) is 0 Å². The minimum absolute atomic E-state index is 0.0903. The Labute approximate surface area is 137 Å². The first-order chi connectivity index (χ1) is 10.2. The number of hydrogen-bond acceptors (Lipinski definition) is 3. The van der Waals surface area contributed by atoms with Gasteiger partial charge in [0.15, 0.2) is 0 Å². The lowest BCUT2D eigenvalue weighted by atomic mass is 10.3. The van der Waals surface area contributed by atoms with Gasteiger partial charge < -0.3 is 4.57 Å². The van der Waals surface area contributed by atoms with E-state index in [1.165, 1.54) is 4.88 Å². The molecule has 2 aromatic heterocycles. The van der Waals surface area contributed by atoms with Crippen LogP contribution >= 0.6 is 34.5 Å². The number of para-hydroxylation sites is 1. The molecule has 3 rings (SSSR count). The van der Waals surface area contributed by atoms with E-state index in [0.29, 0.717) is 10.9 Å². The molecule has 0 aliphatic carbocycles. The smallest absolute Gasteiger partial charge is 0.125 e. The first kappa shape index (κ1) is 14.8. The van der Waals surface area contributed by atoms with Crippen LogP contribution < -0.4 is 0 Å². The van der Waals surface area contributed by atoms with Gasteiger partial charge in [0.1, 0.15) is 16.3 Å². The molecule has 0 fully saturated rings. The number of aryl methyl sites for hydroxylation is 1. The Morgan fingerprint density at radius 2 is 2.19 bits per heavy atom. The highest BCUT2D eigenvalue weighted by Gasteiger charge is 2.20. The molecule has 0 N–H and O–H groups in total. The highest BCUT2D eigenvalue weighted by atomic mass is 35.5. The molecule has 1 atom stereocenters. The highest BCUT2D eigenvalue weighted by Crippen LogP contribution is 2.31. The molecule has 0 aliphatic rings. The summed E-state index contributed by atoms with van der Waals surface area (Å²) < 4.78 is 2.13. The largest absolute Gasteiger partial charge is 0.317 e. The Bertz CT molecular complexity index is 778. The summed E-state index contributed by atoms with van der Waals surface area (Å²) >= 11 is 14.1. The number of benzene rings is 1. The molecule has 0 saturated heterocycles. The second kappa shape index (κ2) is 5.95. The molecule has 21 heavy (non-hydrogen) atoms. The van der Waals surface area contributed by atoms with E-state index < -0.39 is 0 Å². The van der Waals surface area contributed by atoms with Crippen LogP contribution in [0.5, 0.6) is 0 Å². The SMILES string of the molecule is CCc1cnc(C(C)n2c(CCl)nc3c(Cl)cccc32)s1. The third-order valence-electron chi connectivity index (χ3n) is 3.53. The fourth-order valence-corrected chi connectivity index (χ4v) is 3.75. The van der Waals surface area contributed by atoms with Crippen molar-refractivity contribution in [1.29, 1.82) is 0 Å². The molecule has 0 spiro atoms. The van der Waals surface area contributed by atoms with Crippen molar-refractivity contribution in [2.45, 2.75) is 32.2 Å². The number of hydrogen-bond donors (Lipinski definition) is 0. The van der Waals surface area contributed by atoms with Crippen molar-refractivity contribution in [2.75, 3.05) is 0 Å². The van der Waals surface area contributed by atoms with Gasteiger partial charge >= 0.3 is 0 Å². The minimum atomic E-state index is 0.0903. The molecule has 0 saturated carbocycles. The Hall–Kier alpha value is -1.10. The van der Waals surface area contributed by atoms with Crippen LogP contribution in [-0.2, 0) is 12.3 Å². The molecule has 0 amide bonds. The lowest BCUT2D eigenvalue weighted by Crippen LogP contribution is -2.09. The van der Waals surface area contributed by atoms with Crippen molar-refractivity contribution in [2.24, 2.45) is 0 Å². The van der Waals surface area contributed by atoms with Crippen molar-refractivity contribution >= 4 is 45.6 Å². The van der Waals surface area contributed by atoms with Gasteiger partial charge in [0.05, 0.1) is 22.5 Å². The van der Waals surface area contributed by atoms with Gasteiger partial charge in [-0.3, -0.25) is 0 Å². The third-order valence-corrected chi connectivity index (χ3v) is 5.38. The number of fused-ring (bicyclic) bond motifs is 1. The first-order valence-electron chi connectivity index (χ1n) is 6.81. The van der Waals surface area contributed by atoms with E-state index in [4.69, 9.17) is 23.2 Å². The number of alkyl halides is 1. The maximum absolute atomic E-state index is 6.24. The quantitative estimate of drug-likeness (QED) is 0.622. The summed E-state index contributed by atoms with van der Waals surface area (Å²) in [6.07, 6.45) is 2.95. The van der Waals surface area contributed by atoms with Crippen LogP contribution in [0, 0.1) is 0 Å². The molecule has 0 bridgehead atoms. The molecule has 3 nitrogen and oxygen atoms in total. The van der Waals surface area contributed by atoms with Gasteiger partial charge in [-0.15, -0.1) is 22.9 Å². The summed E-state index contributed by atoms with van der Waals surface area (Å²) in [5.41, 5.74) is 1.80. The zero-order valence-corrected chi connectivity index (χ0v) is 14.1. The Kier molecular flexibility index (Phi) is 4.20. The molecule has 1 aromatic carbocycles. The fourth-order valence-electron chi connectivity index (χ4n) is 2.45. The topological polar surface area (TPSA) is 30.7 Å². The number of aromatic nitrogens is 3. The van der Waals surface area contributed by atoms with Crippen LogP contribution in [0.15, 0.2) is 24.4 Å². The van der Waals surface area contributed by atoms with E-state index in [0.717, 1.165) is 28.3 Å². The zero-order chi connectivity index (χ0) is 15.0. The highest BCUT2D eigenvalue weighted by molar-refractivity contribution is 7.11. The van der Waals surface area contributed by atoms with E-state index in [1.807, 2.05) is 24.4 Å². The standard InChI is InChI=1S/C15H15Cl2N3S/c1-3-10-8-18-15(21-10)9(2)20-12-6-4-5-11(17)14(12)19-13(20)7-16/h4-6,8-9H,3,7H2,1-2H3. The summed E-state index contributed by atoms with van der Waals surface area (Å²) in [5, 5.41) is 1.72. The minimum Gasteiger partial charge on any atom is -0.317 e. The second-order valence-corrected chi connectivity index (χ2v) is 6.65. The summed E-state index contributed by atoms with van der Waals surface area (Å²) in [6.45, 7) is 4.26. The summed E-state index contributed by atoms with van der Waals surface area (Å²) in [4.78, 5) is 10.4. The van der Waals surface area contributed by atoms with Gasteiger partial charge in [-0.2, -0.15) is 0 Å². The van der Waals surface area contributed by atoms with E-state index in [1.54, 1.807) is 11.3 Å². The molecular formula is C15H15Cl2N3S. The van der Waals surface area contributed by atoms with Gasteiger partial charge in [0.25, 0.3) is 0 Å². The molecule has 0 radical (unpaired) electrons. The summed E-state index contributed by atoms with van der Waals surface area (Å²) in [5.74, 6) is 1.17. The van der Waals surface area contributed by atoms with E-state index in [9.17, 15) is 0 Å². The predicted octanol–water partition coefficient (Wildman–Crippen LogP) is 5.06. The molecule has 0 aliphatic heterocycles. The molecule has 6 heteroatoms. The Morgan fingerprint density at radius 1 is 1.38 bits per heavy atom. The number of thiazole rings is 1. The summed E-state index contributed by atoms with van der Waals surface area (Å²) in [6, 6.07) is 5.90. The normalized spacial score (nSPS) is 13.0. The molecular weight excluding hydrogens is 325 g/mol. The lowest BCUT2D eigenvalue weighted by molar-refractivity contribution is 0.630. The van der Waals surface area contributed by atoms with Crippen LogP contribution in [-0.4, -0.2) is 14.5 Å². The van der Waals surface area contributed by atoms with E-state index >= 15 is 0 Å². The van der Waals surface area contributed by atoms with Crippen LogP contribution in [0.4, 0.5) is 0 Å². The van der Waals surface area contributed by atoms with Crippen molar-refractivity contribution in [3.63, 3.8) is 0 Å². The Balaban J connectivity index is 2.16. The van der Waals surface area contributed by atoms with Crippen molar-refractivity contribution < 1.29 is 0 Å². The van der Waals surface area contributed by atoms with Gasteiger partial charge in [-0.1, -0.05) is 24.6 Å². The van der Waals surface area contributed by atoms with Crippen molar-refractivity contribution in [1.82, 2.24) is 14.5 Å². The van der Waals surface area contributed by atoms with E-state index in [-0.39, 0.29) is 6.04 Å². The number of imidazole rings is 1. The average molecular weight is 340 g/mol. The molecule has 2 heterocycles. The molecule has 1 unspecified atom stereocenters. The maximum atomic E-state index is 6.24. The zero-order valence-electron chi connectivity index (χ0n) is 11.8. The number of nitrogens with zero attached hydrogens (tertiary/aromatic N) is 3. The average Bonchev–Trinajstić information content (AvgIpc) is 3.11. The van der Waals surface area contributed by atoms with Crippen LogP contribution in [0.25, 0.3) is 11.0 Å². The Morgan fingerprint density at radius 3 is 2.86 bits per heavy atom. The maximum Gasteiger partial charge on any atom is 0.125 e. The molecule has 110 valence electrons. The fraction of sp³-hybridized carbons (Fsp3) is 0.333. The van der Waals surface area contributed by atoms with Crippen molar-refractivity contribution in [3.8, 4) is 0 Å². The van der Waals surface area contributed by atoms with Gasteiger partial charge in [-0.05, 0) is 25.5 Å². The van der Waals surface area contributed by atoms with Gasteiger partial charge in [-0.25, -0.2) is 9.97 Å². The van der Waals surface area contributed by atoms with E-state index in [2.05, 4.69) is 28.4 Å². The number of halogens is 2. The third kappa shape index (κ3) is 2.56. The number of rotatable bonds is 4.